The number of benzene rings is 1. The molecular formula is C16H24N2O4. The molecule has 1 heterocycles. The number of nitrogens with zero attached hydrogens (tertiary/aromatic N) is 2. The molecule has 0 radical (unpaired) electrons. The smallest absolute Gasteiger partial charge is 0.409 e. The first-order valence-electron chi connectivity index (χ1n) is 7.46. The SMILES string of the molecule is COC(=O)N1CCN(CC(O)C(OC)c2ccccc2)CC1. The maximum atomic E-state index is 11.5. The maximum Gasteiger partial charge on any atom is 0.409 e. The monoisotopic (exact) mass is 308 g/mol. The summed E-state index contributed by atoms with van der Waals surface area (Å²) in [5.41, 5.74) is 0.964. The fourth-order valence-corrected chi connectivity index (χ4v) is 2.76. The van der Waals surface area contributed by atoms with Gasteiger partial charge in [0.25, 0.3) is 0 Å². The highest BCUT2D eigenvalue weighted by atomic mass is 16.5. The van der Waals surface area contributed by atoms with E-state index >= 15 is 0 Å². The van der Waals surface area contributed by atoms with Crippen LogP contribution in [0.5, 0.6) is 0 Å². The lowest BCUT2D eigenvalue weighted by atomic mass is 10.0. The number of aliphatic hydroxyl groups excluding tert-OH is 1. The van der Waals surface area contributed by atoms with E-state index in [2.05, 4.69) is 4.90 Å². The minimum atomic E-state index is -0.614. The fourth-order valence-electron chi connectivity index (χ4n) is 2.76. The summed E-state index contributed by atoms with van der Waals surface area (Å²) in [5, 5.41) is 10.5. The first-order chi connectivity index (χ1) is 10.7. The zero-order chi connectivity index (χ0) is 15.9. The molecule has 22 heavy (non-hydrogen) atoms. The summed E-state index contributed by atoms with van der Waals surface area (Å²) in [6, 6.07) is 9.71. The molecule has 1 aliphatic heterocycles. The summed E-state index contributed by atoms with van der Waals surface area (Å²) >= 11 is 0. The summed E-state index contributed by atoms with van der Waals surface area (Å²) < 4.78 is 10.2. The molecule has 0 saturated carbocycles. The molecule has 122 valence electrons. The van der Waals surface area contributed by atoms with E-state index in [-0.39, 0.29) is 12.2 Å². The van der Waals surface area contributed by atoms with Crippen molar-refractivity contribution in [3.05, 3.63) is 35.9 Å². The molecule has 6 heteroatoms. The second-order valence-electron chi connectivity index (χ2n) is 5.39. The van der Waals surface area contributed by atoms with Crippen molar-refractivity contribution < 1.29 is 19.4 Å². The topological polar surface area (TPSA) is 62.2 Å². The molecule has 1 saturated heterocycles. The van der Waals surface area contributed by atoms with Crippen molar-refractivity contribution in [2.24, 2.45) is 0 Å². The number of methoxy groups -OCH3 is 2. The Morgan fingerprint density at radius 1 is 1.18 bits per heavy atom. The Bertz CT molecular complexity index is 460. The van der Waals surface area contributed by atoms with E-state index in [9.17, 15) is 9.90 Å². The molecular weight excluding hydrogens is 284 g/mol. The lowest BCUT2D eigenvalue weighted by molar-refractivity contribution is -0.0347. The molecule has 0 aliphatic carbocycles. The molecule has 0 aromatic heterocycles. The fraction of sp³-hybridized carbons (Fsp3) is 0.562. The van der Waals surface area contributed by atoms with Gasteiger partial charge in [-0.2, -0.15) is 0 Å². The van der Waals surface area contributed by atoms with Gasteiger partial charge in [0.1, 0.15) is 6.10 Å². The number of aliphatic hydroxyl groups is 1. The number of β-amino-alcohol motifs (C(OH)–C–C–N with tert-alkyl or cyclic N) is 1. The van der Waals surface area contributed by atoms with E-state index in [0.29, 0.717) is 19.6 Å². The number of carbonyl (C=O) groups is 1. The van der Waals surface area contributed by atoms with Crippen LogP contribution >= 0.6 is 0 Å². The predicted molar refractivity (Wildman–Crippen MR) is 82.6 cm³/mol. The average Bonchev–Trinajstić information content (AvgIpc) is 2.56. The van der Waals surface area contributed by atoms with Crippen molar-refractivity contribution in [3.63, 3.8) is 0 Å². The maximum absolute atomic E-state index is 11.5. The molecule has 2 unspecified atom stereocenters. The quantitative estimate of drug-likeness (QED) is 0.883. The highest BCUT2D eigenvalue weighted by Gasteiger charge is 2.26. The molecule has 6 nitrogen and oxygen atoms in total. The summed E-state index contributed by atoms with van der Waals surface area (Å²) in [4.78, 5) is 15.3. The Hall–Kier alpha value is -1.63. The van der Waals surface area contributed by atoms with Crippen molar-refractivity contribution in [2.75, 3.05) is 46.9 Å². The van der Waals surface area contributed by atoms with E-state index in [4.69, 9.17) is 9.47 Å². The Kier molecular flexibility index (Phi) is 6.18. The summed E-state index contributed by atoms with van der Waals surface area (Å²) in [5.74, 6) is 0. The standard InChI is InChI=1S/C16H24N2O4/c1-21-15(13-6-4-3-5-7-13)14(19)12-17-8-10-18(11-9-17)16(20)22-2/h3-7,14-15,19H,8-12H2,1-2H3. The first-order valence-corrected chi connectivity index (χ1v) is 7.46. The lowest BCUT2D eigenvalue weighted by Gasteiger charge is -2.36. The molecule has 2 rings (SSSR count). The number of amides is 1. The van der Waals surface area contributed by atoms with Crippen LogP contribution in [0.2, 0.25) is 0 Å². The van der Waals surface area contributed by atoms with Gasteiger partial charge in [0.2, 0.25) is 0 Å². The normalized spacial score (nSPS) is 18.8. The molecule has 0 bridgehead atoms. The number of rotatable bonds is 5. The Balaban J connectivity index is 1.87. The largest absolute Gasteiger partial charge is 0.453 e. The number of hydrogen-bond acceptors (Lipinski definition) is 5. The van der Waals surface area contributed by atoms with Crippen molar-refractivity contribution >= 4 is 6.09 Å². The van der Waals surface area contributed by atoms with Crippen molar-refractivity contribution in [1.29, 1.82) is 0 Å². The van der Waals surface area contributed by atoms with Crippen LogP contribution in [0.3, 0.4) is 0 Å². The molecule has 1 N–H and O–H groups in total. The van der Waals surface area contributed by atoms with E-state index < -0.39 is 6.10 Å². The molecule has 1 amide bonds. The van der Waals surface area contributed by atoms with Gasteiger partial charge in [-0.05, 0) is 5.56 Å². The van der Waals surface area contributed by atoms with Gasteiger partial charge in [0, 0.05) is 39.8 Å². The third-order valence-electron chi connectivity index (χ3n) is 3.98. The van der Waals surface area contributed by atoms with Gasteiger partial charge in [-0.1, -0.05) is 30.3 Å². The lowest BCUT2D eigenvalue weighted by Crippen LogP contribution is -2.51. The van der Waals surface area contributed by atoms with Gasteiger partial charge in [-0.3, -0.25) is 4.90 Å². The minimum Gasteiger partial charge on any atom is -0.453 e. The third kappa shape index (κ3) is 4.19. The predicted octanol–water partition coefficient (Wildman–Crippen LogP) is 1.12. The van der Waals surface area contributed by atoms with Crippen molar-refractivity contribution in [2.45, 2.75) is 12.2 Å². The van der Waals surface area contributed by atoms with E-state index in [1.54, 1.807) is 12.0 Å². The van der Waals surface area contributed by atoms with Crippen LogP contribution in [0.4, 0.5) is 4.79 Å². The van der Waals surface area contributed by atoms with Crippen LogP contribution in [0.15, 0.2) is 30.3 Å². The van der Waals surface area contributed by atoms with Gasteiger partial charge in [-0.15, -0.1) is 0 Å². The van der Waals surface area contributed by atoms with Crippen LogP contribution in [-0.4, -0.2) is 74.0 Å². The van der Waals surface area contributed by atoms with Crippen molar-refractivity contribution in [1.82, 2.24) is 9.80 Å². The van der Waals surface area contributed by atoms with Gasteiger partial charge in [0.15, 0.2) is 0 Å². The van der Waals surface area contributed by atoms with E-state index in [1.807, 2.05) is 30.3 Å². The van der Waals surface area contributed by atoms with Crippen LogP contribution in [-0.2, 0) is 9.47 Å². The molecule has 1 aromatic rings. The minimum absolute atomic E-state index is 0.292. The van der Waals surface area contributed by atoms with Crippen LogP contribution in [0.25, 0.3) is 0 Å². The number of piperazine rings is 1. The van der Waals surface area contributed by atoms with E-state index in [1.165, 1.54) is 7.11 Å². The second-order valence-corrected chi connectivity index (χ2v) is 5.39. The third-order valence-corrected chi connectivity index (χ3v) is 3.98. The zero-order valence-electron chi connectivity index (χ0n) is 13.1. The molecule has 1 fully saturated rings. The Morgan fingerprint density at radius 2 is 1.82 bits per heavy atom. The molecule has 0 spiro atoms. The molecule has 1 aromatic carbocycles. The van der Waals surface area contributed by atoms with Crippen LogP contribution in [0, 0.1) is 0 Å². The van der Waals surface area contributed by atoms with Crippen LogP contribution in [0.1, 0.15) is 11.7 Å². The first kappa shape index (κ1) is 16.7. The van der Waals surface area contributed by atoms with Gasteiger partial charge in [-0.25, -0.2) is 4.79 Å². The highest BCUT2D eigenvalue weighted by molar-refractivity contribution is 5.67. The highest BCUT2D eigenvalue weighted by Crippen LogP contribution is 2.21. The second kappa shape index (κ2) is 8.12. The van der Waals surface area contributed by atoms with E-state index in [0.717, 1.165) is 18.7 Å². The van der Waals surface area contributed by atoms with Gasteiger partial charge in [0.05, 0.1) is 13.2 Å². The number of carbonyl (C=O) groups excluding carboxylic acids is 1. The van der Waals surface area contributed by atoms with Crippen molar-refractivity contribution in [3.8, 4) is 0 Å². The molecule has 2 atom stereocenters. The van der Waals surface area contributed by atoms with Gasteiger partial charge < -0.3 is 19.5 Å². The Morgan fingerprint density at radius 3 is 2.36 bits per heavy atom. The Labute approximate surface area is 131 Å². The zero-order valence-corrected chi connectivity index (χ0v) is 13.1. The summed E-state index contributed by atoms with van der Waals surface area (Å²) in [6.07, 6.45) is -1.25. The average molecular weight is 308 g/mol. The van der Waals surface area contributed by atoms with Crippen LogP contribution < -0.4 is 0 Å². The summed E-state index contributed by atoms with van der Waals surface area (Å²) in [6.45, 7) is 3.18. The number of hydrogen-bond donors (Lipinski definition) is 1. The summed E-state index contributed by atoms with van der Waals surface area (Å²) in [7, 11) is 3.00. The number of ether oxygens (including phenoxy) is 2. The van der Waals surface area contributed by atoms with Gasteiger partial charge >= 0.3 is 6.09 Å². The molecule has 1 aliphatic rings.